The zero-order valence-corrected chi connectivity index (χ0v) is 17.5. The minimum atomic E-state index is -1.54. The molecule has 2 aromatic carbocycles. The Labute approximate surface area is 183 Å². The summed E-state index contributed by atoms with van der Waals surface area (Å²) >= 11 is 0. The summed E-state index contributed by atoms with van der Waals surface area (Å²) in [6, 6.07) is 12.0. The standard InChI is InChI=1S/C20H21BN8O3/c1-28(2)16-11-24-20(29-15-8-4-7-14(18(22)30)17(15)26-27-29)25-19(16)23-10-12-5-3-6-13(9-12)21(31)32/h3-9,11,31-32H,10H2,1-2H3,(H2,22,30)(H,23,24,25). The Morgan fingerprint density at radius 2 is 2.00 bits per heavy atom. The van der Waals surface area contributed by atoms with Crippen molar-refractivity contribution in [3.8, 4) is 5.95 Å². The van der Waals surface area contributed by atoms with E-state index in [0.717, 1.165) is 11.3 Å². The van der Waals surface area contributed by atoms with E-state index in [1.165, 1.54) is 4.68 Å². The number of amides is 1. The number of fused-ring (bicyclic) bond motifs is 1. The van der Waals surface area contributed by atoms with Gasteiger partial charge >= 0.3 is 7.12 Å². The van der Waals surface area contributed by atoms with Crippen molar-refractivity contribution in [1.82, 2.24) is 25.0 Å². The van der Waals surface area contributed by atoms with Crippen molar-refractivity contribution >= 4 is 41.0 Å². The molecule has 162 valence electrons. The molecule has 0 aliphatic rings. The molecule has 12 heteroatoms. The van der Waals surface area contributed by atoms with E-state index < -0.39 is 13.0 Å². The second kappa shape index (κ2) is 8.61. The summed E-state index contributed by atoms with van der Waals surface area (Å²) in [5, 5.41) is 30.2. The van der Waals surface area contributed by atoms with Crippen LogP contribution in [0.1, 0.15) is 15.9 Å². The number of rotatable bonds is 7. The Morgan fingerprint density at radius 3 is 2.72 bits per heavy atom. The second-order valence-electron chi connectivity index (χ2n) is 7.31. The lowest BCUT2D eigenvalue weighted by atomic mass is 9.80. The third kappa shape index (κ3) is 4.09. The Kier molecular flexibility index (Phi) is 5.71. The molecule has 4 aromatic rings. The van der Waals surface area contributed by atoms with Crippen LogP contribution in [0.25, 0.3) is 17.0 Å². The third-order valence-corrected chi connectivity index (χ3v) is 4.88. The minimum Gasteiger partial charge on any atom is -0.423 e. The van der Waals surface area contributed by atoms with Gasteiger partial charge < -0.3 is 26.0 Å². The van der Waals surface area contributed by atoms with Crippen LogP contribution in [0, 0.1) is 0 Å². The molecule has 0 saturated carbocycles. The molecule has 2 aromatic heterocycles. The maximum Gasteiger partial charge on any atom is 0.488 e. The first-order valence-corrected chi connectivity index (χ1v) is 9.73. The van der Waals surface area contributed by atoms with Gasteiger partial charge in [-0.2, -0.15) is 9.67 Å². The number of carbonyl (C=O) groups is 1. The first-order valence-electron chi connectivity index (χ1n) is 9.73. The molecule has 11 nitrogen and oxygen atoms in total. The van der Waals surface area contributed by atoms with Crippen LogP contribution in [0.2, 0.25) is 0 Å². The number of nitrogens with zero attached hydrogens (tertiary/aromatic N) is 6. The van der Waals surface area contributed by atoms with Crippen LogP contribution in [0.5, 0.6) is 0 Å². The van der Waals surface area contributed by atoms with Crippen LogP contribution < -0.4 is 21.4 Å². The van der Waals surface area contributed by atoms with E-state index in [1.807, 2.05) is 25.1 Å². The van der Waals surface area contributed by atoms with Crippen molar-refractivity contribution in [2.45, 2.75) is 6.54 Å². The fourth-order valence-electron chi connectivity index (χ4n) is 3.27. The highest BCUT2D eigenvalue weighted by molar-refractivity contribution is 6.58. The van der Waals surface area contributed by atoms with Gasteiger partial charge in [-0.25, -0.2) is 4.98 Å². The van der Waals surface area contributed by atoms with E-state index in [0.29, 0.717) is 28.9 Å². The number of carbonyl (C=O) groups excluding carboxylic acids is 1. The lowest BCUT2D eigenvalue weighted by Crippen LogP contribution is -2.30. The molecule has 0 unspecified atom stereocenters. The van der Waals surface area contributed by atoms with Gasteiger partial charge in [0, 0.05) is 20.6 Å². The molecular weight excluding hydrogens is 411 g/mol. The monoisotopic (exact) mass is 432 g/mol. The summed E-state index contributed by atoms with van der Waals surface area (Å²) in [5.74, 6) is 0.218. The third-order valence-electron chi connectivity index (χ3n) is 4.88. The second-order valence-corrected chi connectivity index (χ2v) is 7.31. The minimum absolute atomic E-state index is 0.266. The molecule has 4 rings (SSSR count). The molecule has 2 heterocycles. The van der Waals surface area contributed by atoms with Gasteiger partial charge in [-0.1, -0.05) is 35.5 Å². The number of hydrogen-bond acceptors (Lipinski definition) is 9. The zero-order chi connectivity index (χ0) is 22.8. The van der Waals surface area contributed by atoms with Gasteiger partial charge in [0.1, 0.15) is 5.52 Å². The molecule has 32 heavy (non-hydrogen) atoms. The van der Waals surface area contributed by atoms with Crippen molar-refractivity contribution < 1.29 is 14.8 Å². The van der Waals surface area contributed by atoms with E-state index in [2.05, 4.69) is 25.6 Å². The predicted molar refractivity (Wildman–Crippen MR) is 121 cm³/mol. The van der Waals surface area contributed by atoms with Crippen LogP contribution >= 0.6 is 0 Å². The van der Waals surface area contributed by atoms with Crippen LogP contribution in [-0.4, -0.2) is 62.1 Å². The van der Waals surface area contributed by atoms with E-state index in [9.17, 15) is 14.8 Å². The number of nitrogens with one attached hydrogen (secondary N) is 1. The summed E-state index contributed by atoms with van der Waals surface area (Å²) in [6.45, 7) is 0.391. The van der Waals surface area contributed by atoms with E-state index in [4.69, 9.17) is 5.73 Å². The summed E-state index contributed by atoms with van der Waals surface area (Å²) in [4.78, 5) is 22.6. The van der Waals surface area contributed by atoms with E-state index in [-0.39, 0.29) is 11.5 Å². The van der Waals surface area contributed by atoms with Gasteiger partial charge in [-0.15, -0.1) is 5.10 Å². The lowest BCUT2D eigenvalue weighted by molar-refractivity contribution is 0.100. The molecule has 0 aliphatic carbocycles. The van der Waals surface area contributed by atoms with Crippen LogP contribution in [-0.2, 0) is 6.54 Å². The van der Waals surface area contributed by atoms with Crippen molar-refractivity contribution in [3.05, 3.63) is 59.8 Å². The Hall–Kier alpha value is -4.03. The highest BCUT2D eigenvalue weighted by Gasteiger charge is 2.17. The number of primary amides is 1. The topological polar surface area (TPSA) is 155 Å². The number of anilines is 2. The maximum absolute atomic E-state index is 11.7. The lowest BCUT2D eigenvalue weighted by Gasteiger charge is -2.18. The maximum atomic E-state index is 11.7. The van der Waals surface area contributed by atoms with Crippen molar-refractivity contribution in [1.29, 1.82) is 0 Å². The van der Waals surface area contributed by atoms with Crippen LogP contribution in [0.15, 0.2) is 48.7 Å². The highest BCUT2D eigenvalue weighted by Crippen LogP contribution is 2.24. The molecule has 0 aliphatic heterocycles. The largest absolute Gasteiger partial charge is 0.488 e. The SMILES string of the molecule is CN(C)c1cnc(-n2nnc3c(C(N)=O)cccc32)nc1NCc1cccc(B(O)O)c1. The van der Waals surface area contributed by atoms with Gasteiger partial charge in [-0.05, 0) is 23.2 Å². The van der Waals surface area contributed by atoms with E-state index >= 15 is 0 Å². The summed E-state index contributed by atoms with van der Waals surface area (Å²) in [6.07, 6.45) is 1.66. The Bertz CT molecular complexity index is 1290. The van der Waals surface area contributed by atoms with Crippen molar-refractivity contribution in [2.75, 3.05) is 24.3 Å². The number of nitrogens with two attached hydrogens (primary N) is 1. The quantitative estimate of drug-likeness (QED) is 0.287. The Morgan fingerprint density at radius 1 is 1.22 bits per heavy atom. The fourth-order valence-corrected chi connectivity index (χ4v) is 3.27. The van der Waals surface area contributed by atoms with Crippen LogP contribution in [0.4, 0.5) is 11.5 Å². The normalized spacial score (nSPS) is 10.9. The van der Waals surface area contributed by atoms with Crippen LogP contribution in [0.3, 0.4) is 0 Å². The fraction of sp³-hybridized carbons (Fsp3) is 0.150. The van der Waals surface area contributed by atoms with Gasteiger partial charge in [0.2, 0.25) is 0 Å². The molecular formula is C20H21BN8O3. The Balaban J connectivity index is 1.70. The molecule has 0 bridgehead atoms. The van der Waals surface area contributed by atoms with Gasteiger partial charge in [-0.3, -0.25) is 4.79 Å². The molecule has 0 atom stereocenters. The van der Waals surface area contributed by atoms with Gasteiger partial charge in [0.05, 0.1) is 23.0 Å². The van der Waals surface area contributed by atoms with E-state index in [1.54, 1.807) is 42.6 Å². The summed E-state index contributed by atoms with van der Waals surface area (Å²) in [5.41, 5.74) is 8.61. The first kappa shape index (κ1) is 21.2. The molecule has 0 radical (unpaired) electrons. The summed E-state index contributed by atoms with van der Waals surface area (Å²) in [7, 11) is 2.20. The molecule has 1 amide bonds. The smallest absolute Gasteiger partial charge is 0.423 e. The number of aromatic nitrogens is 5. The summed E-state index contributed by atoms with van der Waals surface area (Å²) < 4.78 is 1.44. The van der Waals surface area contributed by atoms with Crippen molar-refractivity contribution in [2.24, 2.45) is 5.73 Å². The molecule has 0 fully saturated rings. The average Bonchev–Trinajstić information content (AvgIpc) is 3.21. The van der Waals surface area contributed by atoms with Gasteiger partial charge in [0.15, 0.2) is 5.82 Å². The first-order chi connectivity index (χ1) is 15.3. The molecule has 0 saturated heterocycles. The van der Waals surface area contributed by atoms with Crippen molar-refractivity contribution in [3.63, 3.8) is 0 Å². The predicted octanol–water partition coefficient (Wildman–Crippen LogP) is -0.333. The highest BCUT2D eigenvalue weighted by atomic mass is 16.4. The number of benzene rings is 2. The number of hydrogen-bond donors (Lipinski definition) is 4. The molecule has 5 N–H and O–H groups in total. The zero-order valence-electron chi connectivity index (χ0n) is 17.5. The molecule has 0 spiro atoms. The average molecular weight is 432 g/mol. The van der Waals surface area contributed by atoms with Gasteiger partial charge in [0.25, 0.3) is 11.9 Å².